The minimum atomic E-state index is -3.73. The van der Waals surface area contributed by atoms with E-state index in [2.05, 4.69) is 4.74 Å². The van der Waals surface area contributed by atoms with Gasteiger partial charge < -0.3 is 18.9 Å². The van der Waals surface area contributed by atoms with Gasteiger partial charge in [-0.25, -0.2) is 0 Å². The van der Waals surface area contributed by atoms with Crippen molar-refractivity contribution in [1.82, 2.24) is 0 Å². The first kappa shape index (κ1) is 14.0. The van der Waals surface area contributed by atoms with Crippen LogP contribution in [0, 0.1) is 0 Å². The number of hydrogen-bond donors (Lipinski definition) is 1. The smallest absolute Gasteiger partial charge is 0.350 e. The lowest BCUT2D eigenvalue weighted by Gasteiger charge is -2.33. The Hall–Kier alpha value is -0.0700. The molecule has 1 heterocycles. The third kappa shape index (κ3) is 1.80. The molecule has 0 aliphatic carbocycles. The molecule has 0 bridgehead atoms. The number of thioether (sulfide) groups is 1. The quantitative estimate of drug-likeness (QED) is 0.588. The first-order valence-electron chi connectivity index (χ1n) is 4.54. The number of aliphatic hydroxyl groups is 1. The van der Waals surface area contributed by atoms with E-state index in [0.717, 1.165) is 0 Å². The molecule has 94 valence electrons. The fourth-order valence-corrected chi connectivity index (χ4v) is 5.55. The molecule has 2 atom stereocenters. The van der Waals surface area contributed by atoms with Gasteiger partial charge in [-0.2, -0.15) is 11.8 Å². The zero-order chi connectivity index (χ0) is 12.4. The van der Waals surface area contributed by atoms with Crippen LogP contribution >= 0.6 is 19.4 Å². The highest BCUT2D eigenvalue weighted by Crippen LogP contribution is 2.64. The summed E-state index contributed by atoms with van der Waals surface area (Å²) in [5, 5.41) is 8.27. The lowest BCUT2D eigenvalue weighted by molar-refractivity contribution is -0.146. The van der Waals surface area contributed by atoms with Crippen LogP contribution in [-0.2, 0) is 23.1 Å². The Morgan fingerprint density at radius 1 is 1.44 bits per heavy atom. The molecule has 6 nitrogen and oxygen atoms in total. The van der Waals surface area contributed by atoms with Crippen LogP contribution in [0.3, 0.4) is 0 Å². The third-order valence-electron chi connectivity index (χ3n) is 2.66. The summed E-state index contributed by atoms with van der Waals surface area (Å²) < 4.78 is 26.6. The Morgan fingerprint density at radius 2 is 2.00 bits per heavy atom. The SMILES string of the molecule is COC(=O)C1(P(=O)(OC)OC)CSCC1O. The van der Waals surface area contributed by atoms with E-state index < -0.39 is 24.8 Å². The topological polar surface area (TPSA) is 82.1 Å². The van der Waals surface area contributed by atoms with Crippen LogP contribution in [0.1, 0.15) is 0 Å². The van der Waals surface area contributed by atoms with Gasteiger partial charge in [-0.3, -0.25) is 9.36 Å². The van der Waals surface area contributed by atoms with Crippen LogP contribution in [0.25, 0.3) is 0 Å². The summed E-state index contributed by atoms with van der Waals surface area (Å²) in [5.41, 5.74) is 0. The van der Waals surface area contributed by atoms with Crippen LogP contribution in [0.2, 0.25) is 0 Å². The third-order valence-corrected chi connectivity index (χ3v) is 6.66. The van der Waals surface area contributed by atoms with Gasteiger partial charge in [0.25, 0.3) is 0 Å². The second kappa shape index (κ2) is 5.06. The summed E-state index contributed by atoms with van der Waals surface area (Å²) in [7, 11) is -0.187. The molecule has 0 aromatic carbocycles. The molecule has 8 heteroatoms. The monoisotopic (exact) mass is 270 g/mol. The van der Waals surface area contributed by atoms with E-state index in [1.54, 1.807) is 0 Å². The number of carbonyl (C=O) groups excluding carboxylic acids is 1. The van der Waals surface area contributed by atoms with Gasteiger partial charge >= 0.3 is 13.6 Å². The minimum Gasteiger partial charge on any atom is -0.468 e. The van der Waals surface area contributed by atoms with Crippen molar-refractivity contribution in [1.29, 1.82) is 0 Å². The van der Waals surface area contributed by atoms with Gasteiger partial charge in [0.05, 0.1) is 13.2 Å². The average Bonchev–Trinajstić information content (AvgIpc) is 2.70. The van der Waals surface area contributed by atoms with Gasteiger partial charge in [0.2, 0.25) is 5.16 Å². The Morgan fingerprint density at radius 3 is 2.31 bits per heavy atom. The molecular weight excluding hydrogens is 255 g/mol. The predicted molar refractivity (Wildman–Crippen MR) is 59.7 cm³/mol. The Labute approximate surface area is 98.2 Å². The molecule has 1 N–H and O–H groups in total. The van der Waals surface area contributed by atoms with Crippen molar-refractivity contribution in [3.8, 4) is 0 Å². The standard InChI is InChI=1S/C8H15O6PS/c1-12-7(10)8(5-16-4-6(8)9)15(11,13-2)14-3/h6,9H,4-5H2,1-3H3. The molecule has 0 amide bonds. The zero-order valence-corrected chi connectivity index (χ0v) is 11.0. The fourth-order valence-electron chi connectivity index (χ4n) is 1.71. The van der Waals surface area contributed by atoms with Crippen LogP contribution in [0.5, 0.6) is 0 Å². The van der Waals surface area contributed by atoms with E-state index in [-0.39, 0.29) is 5.75 Å². The molecule has 1 saturated heterocycles. The second-order valence-electron chi connectivity index (χ2n) is 3.31. The maximum atomic E-state index is 12.4. The molecule has 0 saturated carbocycles. The van der Waals surface area contributed by atoms with Gasteiger partial charge in [-0.05, 0) is 0 Å². The Bertz CT molecular complexity index is 314. The first-order valence-corrected chi connectivity index (χ1v) is 7.24. The molecule has 0 spiro atoms. The van der Waals surface area contributed by atoms with E-state index in [1.807, 2.05) is 0 Å². The van der Waals surface area contributed by atoms with E-state index in [1.165, 1.54) is 33.1 Å². The summed E-state index contributed by atoms with van der Waals surface area (Å²) >= 11 is 1.31. The summed E-state index contributed by atoms with van der Waals surface area (Å²) in [6, 6.07) is 0. The fraction of sp³-hybridized carbons (Fsp3) is 0.875. The number of ether oxygens (including phenoxy) is 1. The van der Waals surface area contributed by atoms with Gasteiger partial charge in [0.15, 0.2) is 0 Å². The molecule has 16 heavy (non-hydrogen) atoms. The highest BCUT2D eigenvalue weighted by Gasteiger charge is 2.64. The van der Waals surface area contributed by atoms with Crippen LogP contribution in [-0.4, -0.2) is 55.2 Å². The van der Waals surface area contributed by atoms with Crippen LogP contribution < -0.4 is 0 Å². The maximum absolute atomic E-state index is 12.4. The highest BCUT2D eigenvalue weighted by atomic mass is 32.2. The van der Waals surface area contributed by atoms with E-state index >= 15 is 0 Å². The number of methoxy groups -OCH3 is 1. The van der Waals surface area contributed by atoms with E-state index in [0.29, 0.717) is 5.75 Å². The molecule has 1 rings (SSSR count). The van der Waals surface area contributed by atoms with Crippen molar-refractivity contribution in [2.24, 2.45) is 0 Å². The number of rotatable bonds is 4. The van der Waals surface area contributed by atoms with E-state index in [9.17, 15) is 14.5 Å². The normalized spacial score (nSPS) is 30.4. The molecule has 1 fully saturated rings. The van der Waals surface area contributed by atoms with Crippen LogP contribution in [0.4, 0.5) is 0 Å². The molecular formula is C8H15O6PS. The summed E-state index contributed by atoms with van der Waals surface area (Å²) in [6.07, 6.45) is -1.10. The largest absolute Gasteiger partial charge is 0.468 e. The minimum absolute atomic E-state index is 0.153. The van der Waals surface area contributed by atoms with Gasteiger partial charge in [-0.1, -0.05) is 0 Å². The summed E-state index contributed by atoms with van der Waals surface area (Å²) in [5.74, 6) is -0.317. The summed E-state index contributed by atoms with van der Waals surface area (Å²) in [6.45, 7) is 0. The first-order chi connectivity index (χ1) is 7.48. The second-order valence-corrected chi connectivity index (χ2v) is 6.86. The maximum Gasteiger partial charge on any atom is 0.350 e. The van der Waals surface area contributed by atoms with Crippen molar-refractivity contribution in [2.75, 3.05) is 32.8 Å². The molecule has 2 unspecified atom stereocenters. The molecule has 1 aliphatic rings. The lowest BCUT2D eigenvalue weighted by atomic mass is 10.1. The highest BCUT2D eigenvalue weighted by molar-refractivity contribution is 8.00. The van der Waals surface area contributed by atoms with Crippen molar-refractivity contribution in [2.45, 2.75) is 11.3 Å². The molecule has 0 radical (unpaired) electrons. The number of hydrogen-bond acceptors (Lipinski definition) is 7. The van der Waals surface area contributed by atoms with Crippen molar-refractivity contribution in [3.05, 3.63) is 0 Å². The van der Waals surface area contributed by atoms with E-state index in [4.69, 9.17) is 9.05 Å². The average molecular weight is 270 g/mol. The lowest BCUT2D eigenvalue weighted by Crippen LogP contribution is -2.49. The van der Waals surface area contributed by atoms with Crippen molar-refractivity contribution < 1.29 is 28.3 Å². The van der Waals surface area contributed by atoms with Gasteiger partial charge in [-0.15, -0.1) is 0 Å². The van der Waals surface area contributed by atoms with Gasteiger partial charge in [0.1, 0.15) is 0 Å². The Balaban J connectivity index is 3.24. The number of carbonyl (C=O) groups is 1. The molecule has 0 aromatic rings. The Kier molecular flexibility index (Phi) is 4.42. The van der Waals surface area contributed by atoms with Crippen LogP contribution in [0.15, 0.2) is 0 Å². The predicted octanol–water partition coefficient (Wildman–Crippen LogP) is 0.492. The van der Waals surface area contributed by atoms with Crippen molar-refractivity contribution >= 4 is 25.3 Å². The van der Waals surface area contributed by atoms with Gasteiger partial charge in [0, 0.05) is 25.7 Å². The molecule has 0 aromatic heterocycles. The zero-order valence-electron chi connectivity index (χ0n) is 9.34. The number of esters is 1. The number of aliphatic hydroxyl groups excluding tert-OH is 1. The van der Waals surface area contributed by atoms with Crippen molar-refractivity contribution in [3.63, 3.8) is 0 Å². The summed E-state index contributed by atoms with van der Waals surface area (Å²) in [4.78, 5) is 11.8. The molecule has 1 aliphatic heterocycles.